The highest BCUT2D eigenvalue weighted by atomic mass is 16.7. The number of nitrogen functional groups attached to an aromatic ring is 1. The lowest BCUT2D eigenvalue weighted by atomic mass is 10.1. The van der Waals surface area contributed by atoms with E-state index >= 15 is 0 Å². The van der Waals surface area contributed by atoms with Gasteiger partial charge in [0.1, 0.15) is 24.9 Å². The minimum atomic E-state index is -1.04. The Balaban J connectivity index is 2.10. The molecule has 2 N–H and O–H groups in total. The molecule has 3 heterocycles. The summed E-state index contributed by atoms with van der Waals surface area (Å²) in [5.74, 6) is -1.00. The van der Waals surface area contributed by atoms with Crippen molar-refractivity contribution in [3.8, 4) is 0 Å². The van der Waals surface area contributed by atoms with Crippen LogP contribution in [0.15, 0.2) is 6.33 Å². The van der Waals surface area contributed by atoms with Gasteiger partial charge in [-0.2, -0.15) is 0 Å². The first kappa shape index (κ1) is 21.4. The second-order valence-electron chi connectivity index (χ2n) is 6.70. The SMILES string of the molecule is CCc1nc2c(N)ncnc2n1[C@@H]1O[C@H](COC(C)=O)C(OC(C)=O)C1OC(C)=O. The zero-order chi connectivity index (χ0) is 22.0. The summed E-state index contributed by atoms with van der Waals surface area (Å²) >= 11 is 0. The third-order valence-electron chi connectivity index (χ3n) is 4.49. The molecular weight excluding hydrogens is 398 g/mol. The van der Waals surface area contributed by atoms with Gasteiger partial charge >= 0.3 is 17.9 Å². The van der Waals surface area contributed by atoms with Crippen LogP contribution in [0.4, 0.5) is 5.82 Å². The van der Waals surface area contributed by atoms with Gasteiger partial charge in [-0.05, 0) is 0 Å². The van der Waals surface area contributed by atoms with Gasteiger partial charge in [-0.1, -0.05) is 6.92 Å². The monoisotopic (exact) mass is 421 g/mol. The lowest BCUT2D eigenvalue weighted by Gasteiger charge is -2.24. The molecule has 0 spiro atoms. The highest BCUT2D eigenvalue weighted by molar-refractivity contribution is 5.82. The van der Waals surface area contributed by atoms with E-state index < -0.39 is 42.4 Å². The second-order valence-corrected chi connectivity index (χ2v) is 6.70. The van der Waals surface area contributed by atoms with Gasteiger partial charge in [-0.25, -0.2) is 15.0 Å². The van der Waals surface area contributed by atoms with Crippen molar-refractivity contribution in [1.29, 1.82) is 0 Å². The molecule has 3 rings (SSSR count). The molecule has 0 radical (unpaired) electrons. The Morgan fingerprint density at radius 2 is 1.77 bits per heavy atom. The third-order valence-corrected chi connectivity index (χ3v) is 4.49. The summed E-state index contributed by atoms with van der Waals surface area (Å²) in [7, 11) is 0. The molecule has 0 aliphatic carbocycles. The standard InChI is InChI=1S/C18H23N5O7/c1-5-12-22-13-16(19)20-7-21-17(13)23(12)18-15(29-10(4)26)14(28-9(3)25)11(30-18)6-27-8(2)24/h7,11,14-15,18H,5-6H2,1-4H3,(H2,19,20,21)/t11-,14?,15?,18-/m1/s1. The van der Waals surface area contributed by atoms with Crippen LogP contribution >= 0.6 is 0 Å². The van der Waals surface area contributed by atoms with E-state index in [1.807, 2.05) is 6.92 Å². The van der Waals surface area contributed by atoms with Gasteiger partial charge in [-0.3, -0.25) is 19.0 Å². The average Bonchev–Trinajstić information content (AvgIpc) is 3.18. The minimum absolute atomic E-state index is 0.184. The van der Waals surface area contributed by atoms with E-state index in [0.717, 1.165) is 0 Å². The van der Waals surface area contributed by atoms with Crippen molar-refractivity contribution in [2.75, 3.05) is 12.3 Å². The Morgan fingerprint density at radius 3 is 2.37 bits per heavy atom. The molecule has 1 fully saturated rings. The van der Waals surface area contributed by atoms with E-state index in [1.165, 1.54) is 27.1 Å². The molecule has 1 saturated heterocycles. The number of ether oxygens (including phenoxy) is 4. The first-order chi connectivity index (χ1) is 14.2. The van der Waals surface area contributed by atoms with E-state index in [9.17, 15) is 14.4 Å². The summed E-state index contributed by atoms with van der Waals surface area (Å²) in [4.78, 5) is 47.5. The van der Waals surface area contributed by atoms with E-state index in [4.69, 9.17) is 24.7 Å². The fraction of sp³-hybridized carbons (Fsp3) is 0.556. The maximum Gasteiger partial charge on any atom is 0.303 e. The van der Waals surface area contributed by atoms with Crippen molar-refractivity contribution < 1.29 is 33.3 Å². The van der Waals surface area contributed by atoms with Gasteiger partial charge in [-0.15, -0.1) is 0 Å². The van der Waals surface area contributed by atoms with E-state index in [2.05, 4.69) is 15.0 Å². The molecular formula is C18H23N5O7. The lowest BCUT2D eigenvalue weighted by molar-refractivity contribution is -0.166. The Morgan fingerprint density at radius 1 is 1.10 bits per heavy atom. The highest BCUT2D eigenvalue weighted by Gasteiger charge is 2.51. The third kappa shape index (κ3) is 4.17. The molecule has 0 amide bonds. The second kappa shape index (κ2) is 8.61. The minimum Gasteiger partial charge on any atom is -0.463 e. The first-order valence-corrected chi connectivity index (χ1v) is 9.33. The van der Waals surface area contributed by atoms with Crippen molar-refractivity contribution in [2.24, 2.45) is 0 Å². The number of rotatable bonds is 6. The molecule has 12 nitrogen and oxygen atoms in total. The molecule has 30 heavy (non-hydrogen) atoms. The molecule has 1 aliphatic heterocycles. The quantitative estimate of drug-likeness (QED) is 0.505. The van der Waals surface area contributed by atoms with Gasteiger partial charge in [0.15, 0.2) is 35.4 Å². The number of hydrogen-bond acceptors (Lipinski definition) is 11. The zero-order valence-electron chi connectivity index (χ0n) is 17.0. The number of imidazole rings is 1. The number of nitrogens with zero attached hydrogens (tertiary/aromatic N) is 4. The number of anilines is 1. The van der Waals surface area contributed by atoms with Crippen LogP contribution in [0.2, 0.25) is 0 Å². The average molecular weight is 421 g/mol. The molecule has 1 aliphatic rings. The molecule has 2 aromatic heterocycles. The number of hydrogen-bond donors (Lipinski definition) is 1. The number of carbonyl (C=O) groups excluding carboxylic acids is 3. The molecule has 162 valence electrons. The summed E-state index contributed by atoms with van der Waals surface area (Å²) < 4.78 is 23.6. The normalized spacial score (nSPS) is 23.3. The van der Waals surface area contributed by atoms with Gasteiger partial charge in [0.2, 0.25) is 0 Å². The molecule has 0 saturated carbocycles. The predicted molar refractivity (Wildman–Crippen MR) is 101 cm³/mol. The van der Waals surface area contributed by atoms with Crippen LogP contribution in [0.25, 0.3) is 11.2 Å². The number of fused-ring (bicyclic) bond motifs is 1. The largest absolute Gasteiger partial charge is 0.463 e. The first-order valence-electron chi connectivity index (χ1n) is 9.33. The number of nitrogens with two attached hydrogens (primary N) is 1. The molecule has 2 unspecified atom stereocenters. The number of carbonyl (C=O) groups is 3. The Kier molecular flexibility index (Phi) is 6.15. The van der Waals surface area contributed by atoms with Crippen LogP contribution in [0, 0.1) is 0 Å². The predicted octanol–water partition coefficient (Wildman–Crippen LogP) is 0.295. The van der Waals surface area contributed by atoms with E-state index in [-0.39, 0.29) is 12.4 Å². The fourth-order valence-corrected chi connectivity index (χ4v) is 3.39. The molecule has 2 aromatic rings. The van der Waals surface area contributed by atoms with Crippen LogP contribution in [0.5, 0.6) is 0 Å². The number of aromatic nitrogens is 4. The zero-order valence-corrected chi connectivity index (χ0v) is 17.0. The van der Waals surface area contributed by atoms with Gasteiger partial charge in [0.25, 0.3) is 0 Å². The summed E-state index contributed by atoms with van der Waals surface area (Å²) in [5, 5.41) is 0. The topological polar surface area (TPSA) is 158 Å². The molecule has 4 atom stereocenters. The van der Waals surface area contributed by atoms with Gasteiger partial charge < -0.3 is 24.7 Å². The van der Waals surface area contributed by atoms with Crippen LogP contribution in [0.1, 0.15) is 39.7 Å². The van der Waals surface area contributed by atoms with E-state index in [1.54, 1.807) is 4.57 Å². The fourth-order valence-electron chi connectivity index (χ4n) is 3.39. The highest BCUT2D eigenvalue weighted by Crippen LogP contribution is 2.37. The van der Waals surface area contributed by atoms with Crippen LogP contribution in [-0.2, 0) is 39.8 Å². The summed E-state index contributed by atoms with van der Waals surface area (Å²) in [6.45, 7) is 5.37. The van der Waals surface area contributed by atoms with Crippen LogP contribution < -0.4 is 5.73 Å². The van der Waals surface area contributed by atoms with Crippen molar-refractivity contribution in [1.82, 2.24) is 19.5 Å². The van der Waals surface area contributed by atoms with E-state index in [0.29, 0.717) is 23.4 Å². The number of esters is 3. The summed E-state index contributed by atoms with van der Waals surface area (Å²) in [6.07, 6.45) is -2.12. The van der Waals surface area contributed by atoms with Crippen LogP contribution in [-0.4, -0.2) is 62.3 Å². The van der Waals surface area contributed by atoms with Crippen LogP contribution in [0.3, 0.4) is 0 Å². The smallest absolute Gasteiger partial charge is 0.303 e. The summed E-state index contributed by atoms with van der Waals surface area (Å²) in [6, 6.07) is 0. The van der Waals surface area contributed by atoms with Crippen molar-refractivity contribution in [2.45, 2.75) is 58.7 Å². The van der Waals surface area contributed by atoms with Gasteiger partial charge in [0.05, 0.1) is 0 Å². The maximum atomic E-state index is 11.8. The van der Waals surface area contributed by atoms with Crippen molar-refractivity contribution in [3.05, 3.63) is 12.2 Å². The Bertz CT molecular complexity index is 975. The Hall–Kier alpha value is -3.28. The molecule has 0 bridgehead atoms. The van der Waals surface area contributed by atoms with Crippen molar-refractivity contribution >= 4 is 34.9 Å². The molecule has 0 aromatic carbocycles. The van der Waals surface area contributed by atoms with Gasteiger partial charge in [0, 0.05) is 27.2 Å². The maximum absolute atomic E-state index is 11.8. The Labute approximate surface area is 171 Å². The number of aryl methyl sites for hydroxylation is 1. The van der Waals surface area contributed by atoms with Crippen molar-refractivity contribution in [3.63, 3.8) is 0 Å². The summed E-state index contributed by atoms with van der Waals surface area (Å²) in [5.41, 5.74) is 6.67. The molecule has 12 heteroatoms. The lowest BCUT2D eigenvalue weighted by Crippen LogP contribution is -2.40.